The zero-order chi connectivity index (χ0) is 23.9. The number of carbonyl (C=O) groups excluding carboxylic acids is 2. The number of nitrogens with two attached hydrogens (primary N) is 1. The van der Waals surface area contributed by atoms with Crippen molar-refractivity contribution in [1.29, 1.82) is 0 Å². The molecule has 2 amide bonds. The first-order valence-electron chi connectivity index (χ1n) is 10.8. The molecule has 1 atom stereocenters. The van der Waals surface area contributed by atoms with E-state index in [0.717, 1.165) is 16.7 Å². The minimum Gasteiger partial charge on any atom is -0.444 e. The molecule has 0 spiro atoms. The molecule has 0 unspecified atom stereocenters. The van der Waals surface area contributed by atoms with Crippen LogP contribution in [0, 0.1) is 0 Å². The molecule has 0 saturated carbocycles. The molecule has 0 aliphatic carbocycles. The quantitative estimate of drug-likeness (QED) is 0.457. The van der Waals surface area contributed by atoms with E-state index in [4.69, 9.17) is 10.5 Å². The van der Waals surface area contributed by atoms with Crippen LogP contribution < -0.4 is 11.1 Å². The van der Waals surface area contributed by atoms with Crippen molar-refractivity contribution in [3.05, 3.63) is 108 Å². The molecular weight excluding hydrogens is 432 g/mol. The number of carbonyl (C=O) groups is 2. The van der Waals surface area contributed by atoms with E-state index in [1.807, 2.05) is 54.6 Å². The summed E-state index contributed by atoms with van der Waals surface area (Å²) in [5.74, 6) is -0.357. The first-order chi connectivity index (χ1) is 15.7. The lowest BCUT2D eigenvalue weighted by Crippen LogP contribution is -2.48. The average Bonchev–Trinajstić information content (AvgIpc) is 2.79. The van der Waals surface area contributed by atoms with Gasteiger partial charge in [0.25, 0.3) is 0 Å². The Kier molecular flexibility index (Phi) is 7.82. The van der Waals surface area contributed by atoms with Crippen molar-refractivity contribution in [3.8, 4) is 0 Å². The van der Waals surface area contributed by atoms with E-state index >= 15 is 0 Å². The van der Waals surface area contributed by atoms with Gasteiger partial charge in [0.1, 0.15) is 11.6 Å². The Morgan fingerprint density at radius 2 is 1.21 bits per heavy atom. The number of thioether (sulfide) groups is 1. The summed E-state index contributed by atoms with van der Waals surface area (Å²) >= 11 is 1.55. The van der Waals surface area contributed by atoms with Gasteiger partial charge in [-0.25, -0.2) is 4.79 Å². The summed E-state index contributed by atoms with van der Waals surface area (Å²) < 4.78 is 4.72. The molecule has 0 saturated heterocycles. The lowest BCUT2D eigenvalue weighted by molar-refractivity contribution is -0.119. The Hall–Kier alpha value is -3.25. The number of hydrogen-bond donors (Lipinski definition) is 2. The SMILES string of the molecule is CC(C)(C)OC(=O)N[C@@H](CSC(c1ccccc1)(c1ccccc1)c1ccccc1)C(N)=O. The van der Waals surface area contributed by atoms with E-state index in [1.54, 1.807) is 32.5 Å². The molecule has 0 aromatic heterocycles. The molecular formula is C27H30N2O3S. The van der Waals surface area contributed by atoms with Crippen LogP contribution in [0.1, 0.15) is 37.5 Å². The third-order valence-electron chi connectivity index (χ3n) is 5.04. The zero-order valence-corrected chi connectivity index (χ0v) is 20.0. The summed E-state index contributed by atoms with van der Waals surface area (Å²) in [6.07, 6.45) is -0.670. The van der Waals surface area contributed by atoms with Crippen molar-refractivity contribution in [2.24, 2.45) is 5.73 Å². The second kappa shape index (κ2) is 10.6. The van der Waals surface area contributed by atoms with Crippen molar-refractivity contribution in [2.45, 2.75) is 37.2 Å². The van der Waals surface area contributed by atoms with E-state index in [9.17, 15) is 9.59 Å². The molecule has 3 rings (SSSR count). The Labute approximate surface area is 199 Å². The van der Waals surface area contributed by atoms with Crippen LogP contribution in [0.4, 0.5) is 4.79 Å². The third-order valence-corrected chi connectivity index (χ3v) is 6.68. The van der Waals surface area contributed by atoms with Crippen molar-refractivity contribution < 1.29 is 14.3 Å². The van der Waals surface area contributed by atoms with Gasteiger partial charge in [-0.1, -0.05) is 91.0 Å². The molecule has 0 aliphatic rings. The number of rotatable bonds is 8. The molecule has 3 N–H and O–H groups in total. The minimum absolute atomic E-state index is 0.257. The molecule has 0 bridgehead atoms. The monoisotopic (exact) mass is 462 g/mol. The minimum atomic E-state index is -0.902. The van der Waals surface area contributed by atoms with Crippen LogP contribution >= 0.6 is 11.8 Å². The molecule has 0 aliphatic heterocycles. The maximum absolute atomic E-state index is 12.4. The van der Waals surface area contributed by atoms with E-state index < -0.39 is 28.4 Å². The van der Waals surface area contributed by atoms with Gasteiger partial charge in [-0.05, 0) is 37.5 Å². The Bertz CT molecular complexity index is 954. The highest BCUT2D eigenvalue weighted by atomic mass is 32.2. The maximum atomic E-state index is 12.4. The lowest BCUT2D eigenvalue weighted by Gasteiger charge is -2.36. The van der Waals surface area contributed by atoms with E-state index in [2.05, 4.69) is 41.7 Å². The number of ether oxygens (including phenoxy) is 1. The summed E-state index contributed by atoms with van der Waals surface area (Å²) in [4.78, 5) is 24.6. The van der Waals surface area contributed by atoms with Crippen LogP contribution in [0.15, 0.2) is 91.0 Å². The van der Waals surface area contributed by atoms with Crippen LogP contribution in [0.3, 0.4) is 0 Å². The standard InChI is InChI=1S/C27H30N2O3S/c1-26(2,3)32-25(31)29-23(24(28)30)19-33-27(20-13-7-4-8-14-20,21-15-9-5-10-16-21)22-17-11-6-12-18-22/h4-18,23H,19H2,1-3H3,(H2,28,30)(H,29,31)/t23-/m0/s1. The van der Waals surface area contributed by atoms with Gasteiger partial charge in [-0.15, -0.1) is 11.8 Å². The summed E-state index contributed by atoms with van der Waals surface area (Å²) in [6, 6.07) is 29.5. The smallest absolute Gasteiger partial charge is 0.408 e. The summed E-state index contributed by atoms with van der Waals surface area (Å²) in [6.45, 7) is 5.31. The Morgan fingerprint density at radius 1 is 0.818 bits per heavy atom. The largest absolute Gasteiger partial charge is 0.444 e. The number of amides is 2. The van der Waals surface area contributed by atoms with E-state index in [1.165, 1.54) is 0 Å². The Balaban J connectivity index is 2.03. The molecule has 0 fully saturated rings. The highest BCUT2D eigenvalue weighted by Gasteiger charge is 2.38. The van der Waals surface area contributed by atoms with Crippen molar-refractivity contribution in [1.82, 2.24) is 5.32 Å². The summed E-state index contributed by atoms with van der Waals surface area (Å²) in [5.41, 5.74) is 8.18. The fourth-order valence-electron chi connectivity index (χ4n) is 3.62. The molecule has 3 aromatic carbocycles. The fourth-order valence-corrected chi connectivity index (χ4v) is 5.19. The zero-order valence-electron chi connectivity index (χ0n) is 19.2. The number of nitrogens with one attached hydrogen (secondary N) is 1. The normalized spacial score (nSPS) is 12.6. The van der Waals surface area contributed by atoms with Crippen LogP contribution in [0.25, 0.3) is 0 Å². The van der Waals surface area contributed by atoms with E-state index in [-0.39, 0.29) is 5.75 Å². The first kappa shape index (κ1) is 24.4. The second-order valence-electron chi connectivity index (χ2n) is 8.69. The number of primary amides is 1. The van der Waals surface area contributed by atoms with Gasteiger partial charge in [-0.3, -0.25) is 4.79 Å². The first-order valence-corrected chi connectivity index (χ1v) is 11.8. The number of hydrogen-bond acceptors (Lipinski definition) is 4. The van der Waals surface area contributed by atoms with Gasteiger partial charge in [-0.2, -0.15) is 0 Å². The predicted molar refractivity (Wildman–Crippen MR) is 134 cm³/mol. The van der Waals surface area contributed by atoms with Crippen LogP contribution in [0.2, 0.25) is 0 Å². The van der Waals surface area contributed by atoms with Gasteiger partial charge < -0.3 is 15.8 Å². The van der Waals surface area contributed by atoms with Gasteiger partial charge in [0.2, 0.25) is 5.91 Å². The van der Waals surface area contributed by atoms with Gasteiger partial charge in [0.05, 0.1) is 4.75 Å². The molecule has 0 heterocycles. The van der Waals surface area contributed by atoms with Crippen molar-refractivity contribution in [2.75, 3.05) is 5.75 Å². The maximum Gasteiger partial charge on any atom is 0.408 e. The molecule has 0 radical (unpaired) electrons. The predicted octanol–water partition coefficient (Wildman–Crippen LogP) is 5.09. The highest BCUT2D eigenvalue weighted by molar-refractivity contribution is 8.00. The highest BCUT2D eigenvalue weighted by Crippen LogP contribution is 2.48. The molecule has 6 heteroatoms. The third kappa shape index (κ3) is 6.17. The lowest BCUT2D eigenvalue weighted by atomic mass is 9.84. The van der Waals surface area contributed by atoms with Crippen LogP contribution in [-0.2, 0) is 14.3 Å². The molecule has 5 nitrogen and oxygen atoms in total. The Morgan fingerprint density at radius 3 is 1.55 bits per heavy atom. The van der Waals surface area contributed by atoms with Crippen molar-refractivity contribution in [3.63, 3.8) is 0 Å². The topological polar surface area (TPSA) is 81.4 Å². The summed E-state index contributed by atoms with van der Waals surface area (Å²) in [7, 11) is 0. The second-order valence-corrected chi connectivity index (χ2v) is 9.93. The summed E-state index contributed by atoms with van der Waals surface area (Å²) in [5, 5.41) is 2.64. The molecule has 3 aromatic rings. The van der Waals surface area contributed by atoms with Gasteiger partial charge >= 0.3 is 6.09 Å². The fraction of sp³-hybridized carbons (Fsp3) is 0.259. The van der Waals surface area contributed by atoms with Gasteiger partial charge in [0.15, 0.2) is 0 Å². The van der Waals surface area contributed by atoms with Crippen LogP contribution in [0.5, 0.6) is 0 Å². The average molecular weight is 463 g/mol. The molecule has 172 valence electrons. The van der Waals surface area contributed by atoms with Crippen molar-refractivity contribution >= 4 is 23.8 Å². The number of alkyl carbamates (subject to hydrolysis) is 1. The van der Waals surface area contributed by atoms with Gasteiger partial charge in [0, 0.05) is 5.75 Å². The number of benzene rings is 3. The van der Waals surface area contributed by atoms with Crippen LogP contribution in [-0.4, -0.2) is 29.4 Å². The molecule has 33 heavy (non-hydrogen) atoms. The van der Waals surface area contributed by atoms with E-state index in [0.29, 0.717) is 0 Å².